The minimum atomic E-state index is -3.86. The molecule has 2 heterocycles. The van der Waals surface area contributed by atoms with Gasteiger partial charge in [0.15, 0.2) is 6.61 Å². The van der Waals surface area contributed by atoms with E-state index in [0.717, 1.165) is 19.4 Å². The molecule has 0 saturated carbocycles. The zero-order valence-electron chi connectivity index (χ0n) is 15.2. The zero-order chi connectivity index (χ0) is 18.8. The number of anilines is 1. The van der Waals surface area contributed by atoms with Crippen molar-refractivity contribution in [3.8, 4) is 11.5 Å². The number of nitrogens with one attached hydrogen (secondary N) is 3. The maximum absolute atomic E-state index is 12.9. The second kappa shape index (κ2) is 8.61. The third-order valence-electron chi connectivity index (χ3n) is 4.54. The number of halogens is 1. The average Bonchev–Trinajstić information content (AvgIpc) is 3.08. The van der Waals surface area contributed by atoms with E-state index in [2.05, 4.69) is 15.4 Å². The molecule has 0 aromatic heterocycles. The third-order valence-corrected chi connectivity index (χ3v) is 5.96. The highest BCUT2D eigenvalue weighted by atomic mass is 35.5. The highest BCUT2D eigenvalue weighted by Gasteiger charge is 2.35. The van der Waals surface area contributed by atoms with Gasteiger partial charge in [0.2, 0.25) is 10.0 Å². The van der Waals surface area contributed by atoms with Gasteiger partial charge in [0.25, 0.3) is 5.91 Å². The van der Waals surface area contributed by atoms with E-state index in [0.29, 0.717) is 12.3 Å². The van der Waals surface area contributed by atoms with E-state index >= 15 is 0 Å². The number of ether oxygens (including phenoxy) is 3. The molecule has 11 heteroatoms. The first kappa shape index (κ1) is 21.7. The molecule has 27 heavy (non-hydrogen) atoms. The molecule has 1 saturated heterocycles. The highest BCUT2D eigenvalue weighted by molar-refractivity contribution is 7.89. The molecule has 1 unspecified atom stereocenters. The molecule has 3 N–H and O–H groups in total. The quantitative estimate of drug-likeness (QED) is 0.587. The van der Waals surface area contributed by atoms with Crippen LogP contribution in [-0.4, -0.2) is 60.4 Å². The average molecular weight is 422 g/mol. The summed E-state index contributed by atoms with van der Waals surface area (Å²) in [6.45, 7) is 1.26. The van der Waals surface area contributed by atoms with E-state index in [1.807, 2.05) is 0 Å². The van der Waals surface area contributed by atoms with Crippen LogP contribution in [0, 0.1) is 0 Å². The van der Waals surface area contributed by atoms with Gasteiger partial charge in [-0.05, 0) is 19.4 Å². The van der Waals surface area contributed by atoms with Crippen LogP contribution >= 0.6 is 12.4 Å². The second-order valence-corrected chi connectivity index (χ2v) is 8.14. The number of amides is 1. The lowest BCUT2D eigenvalue weighted by Gasteiger charge is -2.29. The van der Waals surface area contributed by atoms with Crippen LogP contribution in [0.4, 0.5) is 5.69 Å². The van der Waals surface area contributed by atoms with Gasteiger partial charge in [0, 0.05) is 25.8 Å². The van der Waals surface area contributed by atoms with Gasteiger partial charge in [-0.1, -0.05) is 0 Å². The number of carbonyl (C=O) groups is 1. The molecule has 0 bridgehead atoms. The number of benzene rings is 1. The first-order chi connectivity index (χ1) is 12.4. The molecule has 2 aliphatic rings. The van der Waals surface area contributed by atoms with Gasteiger partial charge in [0.05, 0.1) is 24.9 Å². The summed E-state index contributed by atoms with van der Waals surface area (Å²) in [5.41, 5.74) is -0.0429. The summed E-state index contributed by atoms with van der Waals surface area (Å²) >= 11 is 0. The summed E-state index contributed by atoms with van der Waals surface area (Å²) in [4.78, 5) is 11.4. The van der Waals surface area contributed by atoms with Gasteiger partial charge in [-0.3, -0.25) is 4.79 Å². The Hall–Kier alpha value is -1.59. The van der Waals surface area contributed by atoms with E-state index in [-0.39, 0.29) is 47.9 Å². The fourth-order valence-corrected chi connectivity index (χ4v) is 4.53. The van der Waals surface area contributed by atoms with Gasteiger partial charge < -0.3 is 24.8 Å². The Kier molecular flexibility index (Phi) is 6.92. The Morgan fingerprint density at radius 3 is 2.74 bits per heavy atom. The topological polar surface area (TPSA) is 115 Å². The molecule has 0 aliphatic carbocycles. The number of rotatable bonds is 7. The normalized spacial score (nSPS) is 21.6. The van der Waals surface area contributed by atoms with Crippen molar-refractivity contribution in [2.75, 3.05) is 45.8 Å². The van der Waals surface area contributed by atoms with Gasteiger partial charge in [0.1, 0.15) is 16.4 Å². The molecule has 1 fully saturated rings. The van der Waals surface area contributed by atoms with Crippen LogP contribution < -0.4 is 24.8 Å². The van der Waals surface area contributed by atoms with Crippen molar-refractivity contribution >= 4 is 34.0 Å². The SMILES string of the molecule is COCC1(CNS(=O)(=O)c2cc3c(cc2OC)NC(=O)CO3)CCCN1.Cl. The summed E-state index contributed by atoms with van der Waals surface area (Å²) in [6, 6.07) is 2.81. The Morgan fingerprint density at radius 2 is 2.11 bits per heavy atom. The molecular formula is C16H24ClN3O6S. The minimum absolute atomic E-state index is 0. The maximum Gasteiger partial charge on any atom is 0.262 e. The summed E-state index contributed by atoms with van der Waals surface area (Å²) < 4.78 is 44.1. The largest absolute Gasteiger partial charge is 0.495 e. The zero-order valence-corrected chi connectivity index (χ0v) is 16.8. The van der Waals surface area contributed by atoms with Crippen molar-refractivity contribution < 1.29 is 27.4 Å². The van der Waals surface area contributed by atoms with Gasteiger partial charge >= 0.3 is 0 Å². The molecule has 152 valence electrons. The van der Waals surface area contributed by atoms with Crippen LogP contribution in [0.2, 0.25) is 0 Å². The first-order valence-electron chi connectivity index (χ1n) is 8.27. The second-order valence-electron chi connectivity index (χ2n) is 6.40. The highest BCUT2D eigenvalue weighted by Crippen LogP contribution is 2.37. The molecule has 0 spiro atoms. The Morgan fingerprint density at radius 1 is 1.33 bits per heavy atom. The molecule has 1 atom stereocenters. The molecule has 9 nitrogen and oxygen atoms in total. The van der Waals surface area contributed by atoms with E-state index in [4.69, 9.17) is 14.2 Å². The number of hydrogen-bond donors (Lipinski definition) is 3. The molecule has 1 aromatic carbocycles. The Balaban J connectivity index is 0.00000261. The number of carbonyl (C=O) groups excluding carboxylic acids is 1. The van der Waals surface area contributed by atoms with Crippen molar-refractivity contribution in [2.24, 2.45) is 0 Å². The van der Waals surface area contributed by atoms with Crippen molar-refractivity contribution in [1.29, 1.82) is 0 Å². The molecule has 3 rings (SSSR count). The van der Waals surface area contributed by atoms with E-state index in [9.17, 15) is 13.2 Å². The van der Waals surface area contributed by atoms with Crippen LogP contribution in [0.3, 0.4) is 0 Å². The van der Waals surface area contributed by atoms with Crippen molar-refractivity contribution in [3.05, 3.63) is 12.1 Å². The van der Waals surface area contributed by atoms with E-state index in [1.165, 1.54) is 19.2 Å². The van der Waals surface area contributed by atoms with Crippen LogP contribution in [-0.2, 0) is 19.6 Å². The monoisotopic (exact) mass is 421 g/mol. The first-order valence-corrected chi connectivity index (χ1v) is 9.76. The van der Waals surface area contributed by atoms with Crippen LogP contribution in [0.1, 0.15) is 12.8 Å². The Bertz CT molecular complexity index is 796. The number of fused-ring (bicyclic) bond motifs is 1. The fraction of sp³-hybridized carbons (Fsp3) is 0.562. The van der Waals surface area contributed by atoms with Crippen molar-refractivity contribution in [2.45, 2.75) is 23.3 Å². The summed E-state index contributed by atoms with van der Waals surface area (Å²) in [7, 11) is -0.893. The van der Waals surface area contributed by atoms with Crippen LogP contribution in [0.25, 0.3) is 0 Å². The molecule has 1 aromatic rings. The number of hydrogen-bond acceptors (Lipinski definition) is 7. The number of methoxy groups -OCH3 is 2. The molecule has 1 amide bonds. The number of sulfonamides is 1. The Labute approximate surface area is 164 Å². The molecular weight excluding hydrogens is 398 g/mol. The fourth-order valence-electron chi connectivity index (χ4n) is 3.24. The van der Waals surface area contributed by atoms with Crippen LogP contribution in [0.15, 0.2) is 17.0 Å². The van der Waals surface area contributed by atoms with Gasteiger partial charge in [-0.15, -0.1) is 12.4 Å². The van der Waals surface area contributed by atoms with E-state index < -0.39 is 15.6 Å². The van der Waals surface area contributed by atoms with Crippen molar-refractivity contribution in [1.82, 2.24) is 10.0 Å². The van der Waals surface area contributed by atoms with Gasteiger partial charge in [-0.2, -0.15) is 0 Å². The lowest BCUT2D eigenvalue weighted by molar-refractivity contribution is -0.118. The maximum atomic E-state index is 12.9. The predicted molar refractivity (Wildman–Crippen MR) is 101 cm³/mol. The van der Waals surface area contributed by atoms with Crippen LogP contribution in [0.5, 0.6) is 11.5 Å². The predicted octanol–water partition coefficient (Wildman–Crippen LogP) is 0.495. The van der Waals surface area contributed by atoms with Crippen molar-refractivity contribution in [3.63, 3.8) is 0 Å². The molecule has 0 radical (unpaired) electrons. The van der Waals surface area contributed by atoms with Gasteiger partial charge in [-0.25, -0.2) is 13.1 Å². The summed E-state index contributed by atoms with van der Waals surface area (Å²) in [5.74, 6) is 0.112. The lowest BCUT2D eigenvalue weighted by atomic mass is 9.99. The lowest BCUT2D eigenvalue weighted by Crippen LogP contribution is -2.52. The standard InChI is InChI=1S/C16H23N3O6S.ClH/c1-23-10-16(4-3-5-17-16)9-18-26(21,22)14-7-12-11(6-13(14)24-2)19-15(20)8-25-12;/h6-7,17-18H,3-5,8-10H2,1-2H3,(H,19,20);1H. The van der Waals surface area contributed by atoms with E-state index in [1.54, 1.807) is 7.11 Å². The third kappa shape index (κ3) is 4.64. The molecule has 2 aliphatic heterocycles. The summed E-state index contributed by atoms with van der Waals surface area (Å²) in [6.07, 6.45) is 1.78. The minimum Gasteiger partial charge on any atom is -0.495 e. The smallest absolute Gasteiger partial charge is 0.262 e. The summed E-state index contributed by atoms with van der Waals surface area (Å²) in [5, 5.41) is 5.95.